The second-order valence-electron chi connectivity index (χ2n) is 5.03. The second kappa shape index (κ2) is 9.78. The van der Waals surface area contributed by atoms with E-state index in [1.807, 2.05) is 12.1 Å². The molecule has 20 heavy (non-hydrogen) atoms. The minimum Gasteiger partial charge on any atom is -0.494 e. The third kappa shape index (κ3) is 5.14. The lowest BCUT2D eigenvalue weighted by molar-refractivity contribution is 0.0650. The Morgan fingerprint density at radius 1 is 1.05 bits per heavy atom. The van der Waals surface area contributed by atoms with E-state index in [0.717, 1.165) is 38.2 Å². The third-order valence-corrected chi connectivity index (χ3v) is 3.40. The van der Waals surface area contributed by atoms with E-state index in [2.05, 4.69) is 38.2 Å². The Kier molecular flexibility index (Phi) is 8.31. The molecule has 0 aliphatic heterocycles. The van der Waals surface area contributed by atoms with Crippen LogP contribution in [0, 0.1) is 0 Å². The SMILES string of the molecule is CCCNC(c1ccc(OCCC)cc1)C(CC)OC. The minimum atomic E-state index is 0.198. The highest BCUT2D eigenvalue weighted by molar-refractivity contribution is 5.29. The second-order valence-corrected chi connectivity index (χ2v) is 5.03. The molecule has 0 heterocycles. The number of rotatable bonds is 10. The molecule has 1 rings (SSSR count). The van der Waals surface area contributed by atoms with Crippen LogP contribution in [-0.2, 0) is 4.74 Å². The first-order valence-electron chi connectivity index (χ1n) is 7.75. The van der Waals surface area contributed by atoms with Crippen molar-refractivity contribution in [3.05, 3.63) is 29.8 Å². The zero-order chi connectivity index (χ0) is 14.8. The molecule has 3 heteroatoms. The summed E-state index contributed by atoms with van der Waals surface area (Å²) in [6.07, 6.45) is 3.34. The van der Waals surface area contributed by atoms with E-state index in [0.29, 0.717) is 0 Å². The minimum absolute atomic E-state index is 0.198. The first kappa shape index (κ1) is 17.0. The lowest BCUT2D eigenvalue weighted by Gasteiger charge is -2.27. The fourth-order valence-electron chi connectivity index (χ4n) is 2.29. The molecule has 0 amide bonds. The molecule has 114 valence electrons. The van der Waals surface area contributed by atoms with Crippen LogP contribution < -0.4 is 10.1 Å². The lowest BCUT2D eigenvalue weighted by atomic mass is 9.99. The summed E-state index contributed by atoms with van der Waals surface area (Å²) < 4.78 is 11.2. The van der Waals surface area contributed by atoms with Crippen LogP contribution >= 0.6 is 0 Å². The first-order chi connectivity index (χ1) is 9.76. The number of ether oxygens (including phenoxy) is 2. The molecule has 0 aromatic heterocycles. The van der Waals surface area contributed by atoms with E-state index in [1.165, 1.54) is 5.56 Å². The van der Waals surface area contributed by atoms with Gasteiger partial charge in [-0.1, -0.05) is 32.9 Å². The van der Waals surface area contributed by atoms with Gasteiger partial charge in [-0.05, 0) is 43.5 Å². The molecule has 2 atom stereocenters. The van der Waals surface area contributed by atoms with Crippen LogP contribution in [0.4, 0.5) is 0 Å². The quantitative estimate of drug-likeness (QED) is 0.703. The molecular weight excluding hydrogens is 250 g/mol. The molecule has 3 nitrogen and oxygen atoms in total. The van der Waals surface area contributed by atoms with E-state index in [9.17, 15) is 0 Å². The summed E-state index contributed by atoms with van der Waals surface area (Å²) in [7, 11) is 1.79. The molecule has 0 saturated carbocycles. The van der Waals surface area contributed by atoms with Crippen LogP contribution in [0.25, 0.3) is 0 Å². The van der Waals surface area contributed by atoms with Gasteiger partial charge in [0.05, 0.1) is 18.8 Å². The summed E-state index contributed by atoms with van der Waals surface area (Å²) in [6, 6.07) is 8.62. The normalized spacial score (nSPS) is 14.0. The molecule has 0 aliphatic carbocycles. The highest BCUT2D eigenvalue weighted by atomic mass is 16.5. The van der Waals surface area contributed by atoms with Crippen molar-refractivity contribution in [1.29, 1.82) is 0 Å². The Balaban J connectivity index is 2.78. The van der Waals surface area contributed by atoms with Gasteiger partial charge in [0.25, 0.3) is 0 Å². The van der Waals surface area contributed by atoms with E-state index in [-0.39, 0.29) is 12.1 Å². The van der Waals surface area contributed by atoms with Crippen LogP contribution in [0.15, 0.2) is 24.3 Å². The number of benzene rings is 1. The molecule has 0 bridgehead atoms. The summed E-state index contributed by atoms with van der Waals surface area (Å²) in [5.74, 6) is 0.940. The third-order valence-electron chi connectivity index (χ3n) is 3.40. The molecular formula is C17H29NO2. The maximum atomic E-state index is 5.63. The molecule has 0 aliphatic rings. The monoisotopic (exact) mass is 279 g/mol. The smallest absolute Gasteiger partial charge is 0.119 e. The largest absolute Gasteiger partial charge is 0.494 e. The van der Waals surface area contributed by atoms with Gasteiger partial charge in [-0.15, -0.1) is 0 Å². The standard InChI is InChI=1S/C17H29NO2/c1-5-12-18-17(16(7-3)19-4)14-8-10-15(11-9-14)20-13-6-2/h8-11,16-18H,5-7,12-13H2,1-4H3. The Morgan fingerprint density at radius 2 is 1.75 bits per heavy atom. The molecule has 1 N–H and O–H groups in total. The van der Waals surface area contributed by atoms with Crippen molar-refractivity contribution >= 4 is 0 Å². The van der Waals surface area contributed by atoms with Gasteiger partial charge in [0.15, 0.2) is 0 Å². The van der Waals surface area contributed by atoms with E-state index >= 15 is 0 Å². The van der Waals surface area contributed by atoms with Crippen molar-refractivity contribution in [2.75, 3.05) is 20.3 Å². The molecule has 0 fully saturated rings. The Labute approximate surface area is 123 Å². The number of methoxy groups -OCH3 is 1. The lowest BCUT2D eigenvalue weighted by Crippen LogP contribution is -2.33. The van der Waals surface area contributed by atoms with Gasteiger partial charge in [0.1, 0.15) is 5.75 Å². The van der Waals surface area contributed by atoms with Crippen LogP contribution in [0.1, 0.15) is 51.6 Å². The predicted octanol–water partition coefficient (Wildman–Crippen LogP) is 3.94. The van der Waals surface area contributed by atoms with Crippen molar-refractivity contribution in [1.82, 2.24) is 5.32 Å². The molecule has 1 aromatic rings. The van der Waals surface area contributed by atoms with Gasteiger partial charge in [-0.25, -0.2) is 0 Å². The van der Waals surface area contributed by atoms with Crippen molar-refractivity contribution in [3.63, 3.8) is 0 Å². The number of hydrogen-bond donors (Lipinski definition) is 1. The van der Waals surface area contributed by atoms with Gasteiger partial charge in [0.2, 0.25) is 0 Å². The van der Waals surface area contributed by atoms with Crippen molar-refractivity contribution < 1.29 is 9.47 Å². The van der Waals surface area contributed by atoms with Crippen LogP contribution in [0.5, 0.6) is 5.75 Å². The van der Waals surface area contributed by atoms with Crippen molar-refractivity contribution in [2.24, 2.45) is 0 Å². The first-order valence-corrected chi connectivity index (χ1v) is 7.75. The van der Waals surface area contributed by atoms with Crippen molar-refractivity contribution in [3.8, 4) is 5.75 Å². The highest BCUT2D eigenvalue weighted by Crippen LogP contribution is 2.23. The van der Waals surface area contributed by atoms with E-state index < -0.39 is 0 Å². The van der Waals surface area contributed by atoms with Gasteiger partial charge < -0.3 is 14.8 Å². The predicted molar refractivity (Wildman–Crippen MR) is 84.4 cm³/mol. The summed E-state index contributed by atoms with van der Waals surface area (Å²) >= 11 is 0. The summed E-state index contributed by atoms with van der Waals surface area (Å²) in [5.41, 5.74) is 1.26. The van der Waals surface area contributed by atoms with Crippen LogP contribution in [0.3, 0.4) is 0 Å². The summed E-state index contributed by atoms with van der Waals surface area (Å²) in [6.45, 7) is 8.22. The average Bonchev–Trinajstić information content (AvgIpc) is 2.50. The fourth-order valence-corrected chi connectivity index (χ4v) is 2.29. The maximum absolute atomic E-state index is 5.63. The molecule has 0 saturated heterocycles. The zero-order valence-corrected chi connectivity index (χ0v) is 13.3. The highest BCUT2D eigenvalue weighted by Gasteiger charge is 2.20. The topological polar surface area (TPSA) is 30.5 Å². The zero-order valence-electron chi connectivity index (χ0n) is 13.3. The van der Waals surface area contributed by atoms with Gasteiger partial charge >= 0.3 is 0 Å². The van der Waals surface area contributed by atoms with E-state index in [4.69, 9.17) is 9.47 Å². The van der Waals surface area contributed by atoms with Gasteiger partial charge in [-0.3, -0.25) is 0 Å². The molecule has 2 unspecified atom stereocenters. The van der Waals surface area contributed by atoms with Crippen molar-refractivity contribution in [2.45, 2.75) is 52.2 Å². The van der Waals surface area contributed by atoms with E-state index in [1.54, 1.807) is 7.11 Å². The van der Waals surface area contributed by atoms with Crippen LogP contribution in [-0.4, -0.2) is 26.4 Å². The Bertz CT molecular complexity index is 347. The Hall–Kier alpha value is -1.06. The van der Waals surface area contributed by atoms with Gasteiger partial charge in [-0.2, -0.15) is 0 Å². The average molecular weight is 279 g/mol. The number of nitrogens with one attached hydrogen (secondary N) is 1. The molecule has 0 spiro atoms. The summed E-state index contributed by atoms with van der Waals surface area (Å²) in [5, 5.41) is 3.58. The number of hydrogen-bond acceptors (Lipinski definition) is 3. The van der Waals surface area contributed by atoms with Gasteiger partial charge in [0, 0.05) is 7.11 Å². The molecule has 1 aromatic carbocycles. The molecule has 0 radical (unpaired) electrons. The summed E-state index contributed by atoms with van der Waals surface area (Å²) in [4.78, 5) is 0. The Morgan fingerprint density at radius 3 is 2.25 bits per heavy atom. The fraction of sp³-hybridized carbons (Fsp3) is 0.647. The maximum Gasteiger partial charge on any atom is 0.119 e. The van der Waals surface area contributed by atoms with Crippen LogP contribution in [0.2, 0.25) is 0 Å².